The zero-order chi connectivity index (χ0) is 26.2. The normalized spacial score (nSPS) is 11.1. The quantitative estimate of drug-likeness (QED) is 0.196. The van der Waals surface area contributed by atoms with E-state index in [0.717, 1.165) is 76.5 Å². The number of hydrogen-bond donors (Lipinski definition) is 1. The van der Waals surface area contributed by atoms with E-state index in [1.807, 2.05) is 56.3 Å². The number of carbonyl (C=O) groups excluding carboxylic acids is 1. The minimum Gasteiger partial charge on any atom is -0.494 e. The van der Waals surface area contributed by atoms with Crippen LogP contribution in [0.25, 0.3) is 11.0 Å². The molecule has 0 atom stereocenters. The van der Waals surface area contributed by atoms with Crippen molar-refractivity contribution in [1.82, 2.24) is 14.9 Å². The van der Waals surface area contributed by atoms with Crippen molar-refractivity contribution >= 4 is 40.1 Å². The first-order valence-corrected chi connectivity index (χ1v) is 13.5. The molecule has 1 heterocycles. The smallest absolute Gasteiger partial charge is 0.224 e. The highest BCUT2D eigenvalue weighted by molar-refractivity contribution is 6.32. The van der Waals surface area contributed by atoms with E-state index >= 15 is 0 Å². The largest absolute Gasteiger partial charge is 0.494 e. The lowest BCUT2D eigenvalue weighted by molar-refractivity contribution is -0.120. The van der Waals surface area contributed by atoms with E-state index in [0.29, 0.717) is 18.2 Å². The fourth-order valence-corrected chi connectivity index (χ4v) is 4.78. The van der Waals surface area contributed by atoms with Crippen LogP contribution in [0.2, 0.25) is 10.0 Å². The maximum atomic E-state index is 12.3. The molecule has 0 radical (unpaired) electrons. The fraction of sp³-hybridized carbons (Fsp3) is 0.333. The molecule has 0 fully saturated rings. The van der Waals surface area contributed by atoms with Gasteiger partial charge in [-0.1, -0.05) is 53.5 Å². The van der Waals surface area contributed by atoms with Gasteiger partial charge in [-0.25, -0.2) is 4.98 Å². The summed E-state index contributed by atoms with van der Waals surface area (Å²) in [6.07, 6.45) is 3.81. The number of amides is 1. The third kappa shape index (κ3) is 7.27. The fourth-order valence-electron chi connectivity index (χ4n) is 4.47. The molecule has 194 valence electrons. The Morgan fingerprint density at radius 3 is 2.49 bits per heavy atom. The van der Waals surface area contributed by atoms with Crippen molar-refractivity contribution in [1.29, 1.82) is 0 Å². The molecule has 1 N–H and O–H groups in total. The van der Waals surface area contributed by atoms with Gasteiger partial charge in [-0.05, 0) is 80.1 Å². The monoisotopic (exact) mass is 537 g/mol. The predicted octanol–water partition coefficient (Wildman–Crippen LogP) is 7.11. The van der Waals surface area contributed by atoms with Crippen LogP contribution in [0.4, 0.5) is 0 Å². The molecule has 0 unspecified atom stereocenters. The highest BCUT2D eigenvalue weighted by Crippen LogP contribution is 2.26. The van der Waals surface area contributed by atoms with Crippen LogP contribution in [-0.4, -0.2) is 28.6 Å². The standard InChI is InChI=1S/C30H33Cl2N3O2/c1-21-18-24(19-22(2)30(21)32)37-17-8-7-16-35-27-13-6-5-12-26(27)34-28(35)14-9-15-33-29(36)20-23-10-3-4-11-25(23)31/h3-6,10-13,18-19H,7-9,14-17,20H2,1-2H3,(H,33,36). The zero-order valence-corrected chi connectivity index (χ0v) is 22.9. The lowest BCUT2D eigenvalue weighted by Gasteiger charge is -2.12. The van der Waals surface area contributed by atoms with E-state index in [2.05, 4.69) is 22.0 Å². The first kappa shape index (κ1) is 27.0. The van der Waals surface area contributed by atoms with Crippen LogP contribution < -0.4 is 10.1 Å². The number of para-hydroxylation sites is 2. The second-order valence-corrected chi connectivity index (χ2v) is 10.1. The van der Waals surface area contributed by atoms with Gasteiger partial charge in [0.1, 0.15) is 11.6 Å². The summed E-state index contributed by atoms with van der Waals surface area (Å²) in [5.74, 6) is 1.89. The number of aromatic nitrogens is 2. The highest BCUT2D eigenvalue weighted by Gasteiger charge is 2.11. The molecule has 0 bridgehead atoms. The summed E-state index contributed by atoms with van der Waals surface area (Å²) >= 11 is 12.4. The first-order valence-electron chi connectivity index (χ1n) is 12.8. The molecule has 0 spiro atoms. The topological polar surface area (TPSA) is 56.1 Å². The third-order valence-electron chi connectivity index (χ3n) is 6.40. The van der Waals surface area contributed by atoms with Crippen LogP contribution in [0.1, 0.15) is 41.8 Å². The number of fused-ring (bicyclic) bond motifs is 1. The summed E-state index contributed by atoms with van der Waals surface area (Å²) in [5.41, 5.74) is 5.06. The van der Waals surface area contributed by atoms with Crippen molar-refractivity contribution in [3.63, 3.8) is 0 Å². The summed E-state index contributed by atoms with van der Waals surface area (Å²) in [6, 6.07) is 19.7. The Kier molecular flexibility index (Phi) is 9.48. The number of hydrogen-bond acceptors (Lipinski definition) is 3. The van der Waals surface area contributed by atoms with Crippen molar-refractivity contribution in [3.8, 4) is 5.75 Å². The molecule has 5 nitrogen and oxygen atoms in total. The molecule has 0 aliphatic heterocycles. The van der Waals surface area contributed by atoms with E-state index in [9.17, 15) is 4.79 Å². The molecular formula is C30H33Cl2N3O2. The number of nitrogens with zero attached hydrogens (tertiary/aromatic N) is 2. The van der Waals surface area contributed by atoms with E-state index in [1.165, 1.54) is 0 Å². The van der Waals surface area contributed by atoms with E-state index in [4.69, 9.17) is 32.9 Å². The number of ether oxygens (including phenoxy) is 1. The predicted molar refractivity (Wildman–Crippen MR) is 152 cm³/mol. The van der Waals surface area contributed by atoms with Gasteiger partial charge in [0, 0.05) is 29.6 Å². The molecule has 1 aromatic heterocycles. The SMILES string of the molecule is Cc1cc(OCCCCn2c(CCCNC(=O)Cc3ccccc3Cl)nc3ccccc32)cc(C)c1Cl. The molecule has 0 saturated carbocycles. The van der Waals surface area contributed by atoms with Gasteiger partial charge in [0.2, 0.25) is 5.91 Å². The van der Waals surface area contributed by atoms with E-state index < -0.39 is 0 Å². The van der Waals surface area contributed by atoms with Crippen molar-refractivity contribution in [3.05, 3.63) is 93.2 Å². The molecular weight excluding hydrogens is 505 g/mol. The number of imidazole rings is 1. The summed E-state index contributed by atoms with van der Waals surface area (Å²) in [4.78, 5) is 17.2. The van der Waals surface area contributed by atoms with Gasteiger partial charge >= 0.3 is 0 Å². The average molecular weight is 539 g/mol. The van der Waals surface area contributed by atoms with Gasteiger partial charge in [-0.15, -0.1) is 0 Å². The molecule has 1 amide bonds. The number of nitrogens with one attached hydrogen (secondary N) is 1. The van der Waals surface area contributed by atoms with Crippen LogP contribution >= 0.6 is 23.2 Å². The van der Waals surface area contributed by atoms with Crippen molar-refractivity contribution < 1.29 is 9.53 Å². The summed E-state index contributed by atoms with van der Waals surface area (Å²) in [7, 11) is 0. The minimum absolute atomic E-state index is 0.0207. The molecule has 3 aromatic carbocycles. The molecule has 0 saturated heterocycles. The van der Waals surface area contributed by atoms with Gasteiger partial charge in [0.25, 0.3) is 0 Å². The maximum absolute atomic E-state index is 12.3. The second kappa shape index (κ2) is 13.0. The average Bonchev–Trinajstić information content (AvgIpc) is 3.23. The Morgan fingerprint density at radius 2 is 1.70 bits per heavy atom. The Bertz CT molecular complexity index is 1340. The first-order chi connectivity index (χ1) is 17.9. The molecule has 4 rings (SSSR count). The van der Waals surface area contributed by atoms with Crippen molar-refractivity contribution in [2.24, 2.45) is 0 Å². The van der Waals surface area contributed by atoms with Crippen molar-refractivity contribution in [2.75, 3.05) is 13.2 Å². The molecule has 37 heavy (non-hydrogen) atoms. The van der Waals surface area contributed by atoms with Crippen LogP contribution in [0, 0.1) is 13.8 Å². The molecule has 4 aromatic rings. The minimum atomic E-state index is -0.0207. The van der Waals surface area contributed by atoms with Gasteiger partial charge < -0.3 is 14.6 Å². The number of benzene rings is 3. The molecule has 0 aliphatic rings. The van der Waals surface area contributed by atoms with Crippen LogP contribution in [0.5, 0.6) is 5.75 Å². The Balaban J connectivity index is 1.27. The van der Waals surface area contributed by atoms with Gasteiger partial charge in [0.15, 0.2) is 0 Å². The zero-order valence-electron chi connectivity index (χ0n) is 21.4. The van der Waals surface area contributed by atoms with E-state index in [1.54, 1.807) is 6.07 Å². The van der Waals surface area contributed by atoms with Gasteiger partial charge in [-0.3, -0.25) is 4.79 Å². The Hall–Kier alpha value is -3.02. The highest BCUT2D eigenvalue weighted by atomic mass is 35.5. The molecule has 7 heteroatoms. The number of carbonyl (C=O) groups is 1. The Labute approximate surface area is 228 Å². The van der Waals surface area contributed by atoms with Crippen LogP contribution in [0.3, 0.4) is 0 Å². The lowest BCUT2D eigenvalue weighted by Crippen LogP contribution is -2.26. The van der Waals surface area contributed by atoms with Gasteiger partial charge in [0.05, 0.1) is 24.1 Å². The number of rotatable bonds is 12. The Morgan fingerprint density at radius 1 is 0.973 bits per heavy atom. The number of unbranched alkanes of at least 4 members (excludes halogenated alkanes) is 1. The third-order valence-corrected chi connectivity index (χ3v) is 7.36. The number of aryl methyl sites for hydroxylation is 4. The number of halogens is 2. The summed E-state index contributed by atoms with van der Waals surface area (Å²) in [6.45, 7) is 6.12. The lowest BCUT2D eigenvalue weighted by atomic mass is 10.1. The molecule has 0 aliphatic carbocycles. The van der Waals surface area contributed by atoms with E-state index in [-0.39, 0.29) is 12.3 Å². The van der Waals surface area contributed by atoms with Crippen LogP contribution in [0.15, 0.2) is 60.7 Å². The summed E-state index contributed by atoms with van der Waals surface area (Å²) < 4.78 is 8.28. The van der Waals surface area contributed by atoms with Gasteiger partial charge in [-0.2, -0.15) is 0 Å². The summed E-state index contributed by atoms with van der Waals surface area (Å²) in [5, 5.41) is 4.43. The second-order valence-electron chi connectivity index (χ2n) is 9.32. The van der Waals surface area contributed by atoms with Crippen molar-refractivity contribution in [2.45, 2.75) is 52.5 Å². The maximum Gasteiger partial charge on any atom is 0.224 e. The van der Waals surface area contributed by atoms with Crippen LogP contribution in [-0.2, 0) is 24.2 Å².